The van der Waals surface area contributed by atoms with Crippen molar-refractivity contribution in [1.29, 1.82) is 0 Å². The molecule has 1 amide bonds. The number of esters is 1. The van der Waals surface area contributed by atoms with Crippen LogP contribution in [0.1, 0.15) is 32.9 Å². The largest absolute Gasteiger partial charge is 0.465 e. The van der Waals surface area contributed by atoms with Crippen LogP contribution in [0.5, 0.6) is 0 Å². The summed E-state index contributed by atoms with van der Waals surface area (Å²) in [6.07, 6.45) is 1.90. The van der Waals surface area contributed by atoms with Gasteiger partial charge in [-0.3, -0.25) is 4.79 Å². The van der Waals surface area contributed by atoms with Gasteiger partial charge in [0.2, 0.25) is 5.91 Å². The molecule has 2 aromatic carbocycles. The van der Waals surface area contributed by atoms with Crippen LogP contribution >= 0.6 is 15.9 Å². The zero-order chi connectivity index (χ0) is 21.7. The third-order valence-corrected chi connectivity index (χ3v) is 5.22. The Morgan fingerprint density at radius 1 is 1.10 bits per heavy atom. The predicted molar refractivity (Wildman–Crippen MR) is 120 cm³/mol. The first-order valence-corrected chi connectivity index (χ1v) is 10.1. The maximum absolute atomic E-state index is 12.1. The number of hydrogen-bond donors (Lipinski definition) is 1. The van der Waals surface area contributed by atoms with Crippen LogP contribution in [0.4, 0.5) is 0 Å². The zero-order valence-electron chi connectivity index (χ0n) is 17.0. The Hall–Kier alpha value is -3.19. The van der Waals surface area contributed by atoms with Crippen molar-refractivity contribution in [2.45, 2.75) is 20.3 Å². The van der Waals surface area contributed by atoms with Crippen molar-refractivity contribution < 1.29 is 14.3 Å². The molecular weight excluding hydrogens is 446 g/mol. The minimum Gasteiger partial charge on any atom is -0.465 e. The van der Waals surface area contributed by atoms with Crippen LogP contribution in [0.25, 0.3) is 5.69 Å². The fourth-order valence-electron chi connectivity index (χ4n) is 3.18. The second kappa shape index (κ2) is 9.54. The molecule has 154 valence electrons. The van der Waals surface area contributed by atoms with Gasteiger partial charge in [-0.15, -0.1) is 0 Å². The third-order valence-electron chi connectivity index (χ3n) is 4.69. The quantitative estimate of drug-likeness (QED) is 0.333. The molecule has 1 heterocycles. The first-order chi connectivity index (χ1) is 14.4. The van der Waals surface area contributed by atoms with Crippen molar-refractivity contribution >= 4 is 34.0 Å². The molecule has 0 unspecified atom stereocenters. The molecule has 0 fully saturated rings. The molecule has 7 heteroatoms. The van der Waals surface area contributed by atoms with E-state index in [1.807, 2.05) is 56.3 Å². The molecule has 0 aliphatic heterocycles. The summed E-state index contributed by atoms with van der Waals surface area (Å²) in [6.45, 7) is 3.97. The van der Waals surface area contributed by atoms with Gasteiger partial charge in [-0.25, -0.2) is 10.2 Å². The van der Waals surface area contributed by atoms with E-state index in [0.29, 0.717) is 5.56 Å². The lowest BCUT2D eigenvalue weighted by atomic mass is 10.1. The Morgan fingerprint density at radius 3 is 2.40 bits per heavy atom. The van der Waals surface area contributed by atoms with Gasteiger partial charge in [0.05, 0.1) is 25.3 Å². The van der Waals surface area contributed by atoms with Crippen molar-refractivity contribution in [3.63, 3.8) is 0 Å². The summed E-state index contributed by atoms with van der Waals surface area (Å²) in [5.41, 5.74) is 7.80. The maximum Gasteiger partial charge on any atom is 0.337 e. The highest BCUT2D eigenvalue weighted by Crippen LogP contribution is 2.20. The average Bonchev–Trinajstić information content (AvgIpc) is 3.02. The fourth-order valence-corrected chi connectivity index (χ4v) is 3.45. The van der Waals surface area contributed by atoms with Gasteiger partial charge in [-0.05, 0) is 61.9 Å². The van der Waals surface area contributed by atoms with Crippen molar-refractivity contribution in [1.82, 2.24) is 9.99 Å². The van der Waals surface area contributed by atoms with Crippen molar-refractivity contribution in [2.75, 3.05) is 7.11 Å². The molecule has 0 atom stereocenters. The third kappa shape index (κ3) is 5.04. The number of methoxy groups -OCH3 is 1. The summed E-state index contributed by atoms with van der Waals surface area (Å²) in [5, 5.41) is 4.10. The van der Waals surface area contributed by atoms with E-state index in [1.54, 1.807) is 18.3 Å². The van der Waals surface area contributed by atoms with Crippen LogP contribution in [-0.4, -0.2) is 29.8 Å². The number of nitrogens with zero attached hydrogens (tertiary/aromatic N) is 2. The number of nitrogens with one attached hydrogen (secondary N) is 1. The summed E-state index contributed by atoms with van der Waals surface area (Å²) in [5.74, 6) is -0.546. The number of carbonyl (C=O) groups is 2. The molecule has 0 radical (unpaired) electrons. The van der Waals surface area contributed by atoms with Gasteiger partial charge in [0.25, 0.3) is 0 Å². The number of hydrazone groups is 1. The molecule has 0 spiro atoms. The molecular formula is C23H22BrN3O3. The van der Waals surface area contributed by atoms with Gasteiger partial charge in [-0.2, -0.15) is 5.10 Å². The first kappa shape index (κ1) is 21.5. The number of aryl methyl sites for hydroxylation is 1. The number of halogens is 1. The van der Waals surface area contributed by atoms with Crippen LogP contribution in [0, 0.1) is 13.8 Å². The van der Waals surface area contributed by atoms with E-state index in [2.05, 4.69) is 31.0 Å². The van der Waals surface area contributed by atoms with Crippen LogP contribution in [-0.2, 0) is 16.0 Å². The predicted octanol–water partition coefficient (Wildman–Crippen LogP) is 4.34. The van der Waals surface area contributed by atoms with E-state index in [9.17, 15) is 9.59 Å². The van der Waals surface area contributed by atoms with Gasteiger partial charge < -0.3 is 9.30 Å². The number of rotatable bonds is 6. The smallest absolute Gasteiger partial charge is 0.337 e. The number of ether oxygens (including phenoxy) is 1. The number of benzene rings is 2. The molecule has 0 bridgehead atoms. The van der Waals surface area contributed by atoms with E-state index in [0.717, 1.165) is 32.7 Å². The second-order valence-corrected chi connectivity index (χ2v) is 7.71. The lowest BCUT2D eigenvalue weighted by molar-refractivity contribution is -0.120. The minimum absolute atomic E-state index is 0.180. The summed E-state index contributed by atoms with van der Waals surface area (Å²) in [7, 11) is 1.36. The first-order valence-electron chi connectivity index (χ1n) is 9.33. The summed E-state index contributed by atoms with van der Waals surface area (Å²) in [6, 6.07) is 16.8. The lowest BCUT2D eigenvalue weighted by Crippen LogP contribution is -2.19. The van der Waals surface area contributed by atoms with Gasteiger partial charge in [0.15, 0.2) is 0 Å². The van der Waals surface area contributed by atoms with Crippen molar-refractivity contribution in [3.8, 4) is 5.69 Å². The highest BCUT2D eigenvalue weighted by atomic mass is 79.9. The van der Waals surface area contributed by atoms with Crippen molar-refractivity contribution in [2.24, 2.45) is 5.10 Å². The maximum atomic E-state index is 12.1. The summed E-state index contributed by atoms with van der Waals surface area (Å²) in [4.78, 5) is 23.7. The summed E-state index contributed by atoms with van der Waals surface area (Å²) >= 11 is 3.38. The number of hydrogen-bond acceptors (Lipinski definition) is 4. The molecule has 1 aromatic heterocycles. The molecule has 0 saturated carbocycles. The zero-order valence-corrected chi connectivity index (χ0v) is 18.6. The molecule has 1 N–H and O–H groups in total. The van der Waals surface area contributed by atoms with Crippen LogP contribution in [0.2, 0.25) is 0 Å². The van der Waals surface area contributed by atoms with E-state index in [1.165, 1.54) is 7.11 Å². The Bertz CT molecular complexity index is 1080. The molecule has 6 nitrogen and oxygen atoms in total. The standard InChI is InChI=1S/C23H22BrN3O3/c1-15-12-19(14-25-26-22(28)13-17-4-8-20(24)9-5-17)16(2)27(15)21-10-6-18(7-11-21)23(29)30-3/h4-12,14H,13H2,1-3H3,(H,26,28)/b25-14+. The highest BCUT2D eigenvalue weighted by Gasteiger charge is 2.11. The van der Waals surface area contributed by atoms with Gasteiger partial charge >= 0.3 is 5.97 Å². The van der Waals surface area contributed by atoms with Crippen molar-refractivity contribution in [3.05, 3.63) is 87.1 Å². The van der Waals surface area contributed by atoms with E-state index in [-0.39, 0.29) is 18.3 Å². The fraction of sp³-hybridized carbons (Fsp3) is 0.174. The molecule has 3 rings (SSSR count). The summed E-state index contributed by atoms with van der Waals surface area (Å²) < 4.78 is 7.77. The van der Waals surface area contributed by atoms with E-state index >= 15 is 0 Å². The van der Waals surface area contributed by atoms with E-state index in [4.69, 9.17) is 4.74 Å². The second-order valence-electron chi connectivity index (χ2n) is 6.80. The minimum atomic E-state index is -0.366. The molecule has 3 aromatic rings. The van der Waals surface area contributed by atoms with Gasteiger partial charge in [0, 0.05) is 27.1 Å². The number of carbonyl (C=O) groups excluding carboxylic acids is 2. The molecule has 0 aliphatic carbocycles. The Labute approximate surface area is 183 Å². The molecule has 30 heavy (non-hydrogen) atoms. The topological polar surface area (TPSA) is 72.7 Å². The van der Waals surface area contributed by atoms with E-state index < -0.39 is 0 Å². The average molecular weight is 468 g/mol. The SMILES string of the molecule is COC(=O)c1ccc(-n2c(C)cc(/C=N/NC(=O)Cc3ccc(Br)cc3)c2C)cc1. The Morgan fingerprint density at radius 2 is 1.77 bits per heavy atom. The van der Waals surface area contributed by atoms with Crippen LogP contribution in [0.3, 0.4) is 0 Å². The van der Waals surface area contributed by atoms with Crippen LogP contribution in [0.15, 0.2) is 64.2 Å². The number of amides is 1. The monoisotopic (exact) mass is 467 g/mol. The lowest BCUT2D eigenvalue weighted by Gasteiger charge is -2.10. The number of aromatic nitrogens is 1. The molecule has 0 saturated heterocycles. The highest BCUT2D eigenvalue weighted by molar-refractivity contribution is 9.10. The van der Waals surface area contributed by atoms with Gasteiger partial charge in [-0.1, -0.05) is 28.1 Å². The Balaban J connectivity index is 1.69. The molecule has 0 aliphatic rings. The normalized spacial score (nSPS) is 10.9. The van der Waals surface area contributed by atoms with Crippen LogP contribution < -0.4 is 5.43 Å². The Kier molecular flexibility index (Phi) is 6.84. The van der Waals surface area contributed by atoms with Gasteiger partial charge in [0.1, 0.15) is 0 Å².